The molecule has 3 N–H and O–H groups in total. The zero-order chi connectivity index (χ0) is 15.0. The fraction of sp³-hybridized carbons (Fsp3) is 0.308. The van der Waals surface area contributed by atoms with Gasteiger partial charge in [-0.3, -0.25) is 14.4 Å². The maximum Gasteiger partial charge on any atom is 0.325 e. The van der Waals surface area contributed by atoms with Crippen LogP contribution in [0.15, 0.2) is 24.3 Å². The molecule has 1 rings (SSSR count). The van der Waals surface area contributed by atoms with Crippen molar-refractivity contribution in [2.45, 2.75) is 12.5 Å². The molecule has 1 aromatic carbocycles. The van der Waals surface area contributed by atoms with Crippen molar-refractivity contribution in [1.29, 1.82) is 0 Å². The van der Waals surface area contributed by atoms with E-state index in [-0.39, 0.29) is 18.7 Å². The number of ether oxygens (including phenoxy) is 1. The molecule has 2 amide bonds. The van der Waals surface area contributed by atoms with Gasteiger partial charge in [0.2, 0.25) is 12.3 Å². The molecule has 0 heterocycles. The average molecular weight is 280 g/mol. The Hall–Kier alpha value is -2.57. The molecule has 0 aliphatic carbocycles. The maximum absolute atomic E-state index is 11.8. The number of phenols is 1. The lowest BCUT2D eigenvalue weighted by molar-refractivity contribution is -0.141. The summed E-state index contributed by atoms with van der Waals surface area (Å²) in [5, 5.41) is 13.9. The molecule has 0 spiro atoms. The molecule has 1 atom stereocenters. The van der Waals surface area contributed by atoms with Gasteiger partial charge in [-0.25, -0.2) is 0 Å². The van der Waals surface area contributed by atoms with Crippen LogP contribution in [-0.4, -0.2) is 43.1 Å². The number of hydrogen-bond acceptors (Lipinski definition) is 5. The van der Waals surface area contributed by atoms with Crippen LogP contribution in [-0.2, 0) is 25.5 Å². The van der Waals surface area contributed by atoms with Crippen LogP contribution >= 0.6 is 0 Å². The molecule has 0 saturated carbocycles. The predicted octanol–water partition coefficient (Wildman–Crippen LogP) is -0.662. The van der Waals surface area contributed by atoms with E-state index in [1.54, 1.807) is 12.1 Å². The molecule has 0 aromatic heterocycles. The van der Waals surface area contributed by atoms with Gasteiger partial charge < -0.3 is 20.5 Å². The highest BCUT2D eigenvalue weighted by atomic mass is 16.5. The second-order valence-corrected chi connectivity index (χ2v) is 4.00. The lowest BCUT2D eigenvalue weighted by Gasteiger charge is -2.15. The predicted molar refractivity (Wildman–Crippen MR) is 69.8 cm³/mol. The lowest BCUT2D eigenvalue weighted by Crippen LogP contribution is -2.46. The highest BCUT2D eigenvalue weighted by Gasteiger charge is 2.18. The third kappa shape index (κ3) is 4.97. The summed E-state index contributed by atoms with van der Waals surface area (Å²) in [5.74, 6) is -0.952. The van der Waals surface area contributed by atoms with Gasteiger partial charge in [-0.2, -0.15) is 0 Å². The van der Waals surface area contributed by atoms with Gasteiger partial charge in [-0.1, -0.05) is 12.1 Å². The van der Waals surface area contributed by atoms with Crippen LogP contribution in [0, 0.1) is 0 Å². The monoisotopic (exact) mass is 280 g/mol. The number of carbonyl (C=O) groups is 3. The SMILES string of the molecule is COC(=O)CNC(=O)[C@H](Cc1ccc(O)cc1)NC=O. The van der Waals surface area contributed by atoms with Crippen molar-refractivity contribution in [3.63, 3.8) is 0 Å². The topological polar surface area (TPSA) is 105 Å². The van der Waals surface area contributed by atoms with Gasteiger partial charge in [0.1, 0.15) is 18.3 Å². The molecule has 0 aliphatic heterocycles. The number of phenolic OH excluding ortho intramolecular Hbond substituents is 1. The van der Waals surface area contributed by atoms with Crippen LogP contribution < -0.4 is 10.6 Å². The molecule has 20 heavy (non-hydrogen) atoms. The Morgan fingerprint density at radius 1 is 1.35 bits per heavy atom. The van der Waals surface area contributed by atoms with Crippen LogP contribution in [0.25, 0.3) is 0 Å². The quantitative estimate of drug-likeness (QED) is 0.454. The normalized spacial score (nSPS) is 11.2. The minimum atomic E-state index is -0.804. The van der Waals surface area contributed by atoms with Crippen molar-refractivity contribution in [3.05, 3.63) is 29.8 Å². The van der Waals surface area contributed by atoms with E-state index < -0.39 is 17.9 Å². The molecule has 0 fully saturated rings. The van der Waals surface area contributed by atoms with E-state index in [4.69, 9.17) is 0 Å². The summed E-state index contributed by atoms with van der Waals surface area (Å²) < 4.78 is 4.40. The Morgan fingerprint density at radius 3 is 2.55 bits per heavy atom. The molecule has 0 aliphatic rings. The summed E-state index contributed by atoms with van der Waals surface area (Å²) in [5.41, 5.74) is 0.760. The third-order valence-electron chi connectivity index (χ3n) is 2.60. The first kappa shape index (κ1) is 15.5. The smallest absolute Gasteiger partial charge is 0.325 e. The van der Waals surface area contributed by atoms with E-state index in [0.717, 1.165) is 5.56 Å². The molecule has 0 radical (unpaired) electrons. The summed E-state index contributed by atoms with van der Waals surface area (Å²) in [7, 11) is 1.21. The van der Waals surface area contributed by atoms with Crippen molar-refractivity contribution in [1.82, 2.24) is 10.6 Å². The third-order valence-corrected chi connectivity index (χ3v) is 2.60. The zero-order valence-corrected chi connectivity index (χ0v) is 11.0. The van der Waals surface area contributed by atoms with E-state index in [9.17, 15) is 19.5 Å². The molecular weight excluding hydrogens is 264 g/mol. The first-order valence-electron chi connectivity index (χ1n) is 5.89. The van der Waals surface area contributed by atoms with Gasteiger partial charge in [0.15, 0.2) is 0 Å². The Balaban J connectivity index is 2.63. The first-order valence-corrected chi connectivity index (χ1v) is 5.89. The second-order valence-electron chi connectivity index (χ2n) is 4.00. The van der Waals surface area contributed by atoms with E-state index in [1.165, 1.54) is 19.2 Å². The van der Waals surface area contributed by atoms with Crippen molar-refractivity contribution in [3.8, 4) is 5.75 Å². The van der Waals surface area contributed by atoms with Crippen molar-refractivity contribution < 1.29 is 24.2 Å². The number of nitrogens with one attached hydrogen (secondary N) is 2. The standard InChI is InChI=1S/C13H16N2O5/c1-20-12(18)7-14-13(19)11(15-8-16)6-9-2-4-10(17)5-3-9/h2-5,8,11,17H,6-7H2,1H3,(H,14,19)(H,15,16)/t11-/m0/s1. The molecule has 0 saturated heterocycles. The molecular formula is C13H16N2O5. The maximum atomic E-state index is 11.8. The highest BCUT2D eigenvalue weighted by Crippen LogP contribution is 2.11. The Bertz CT molecular complexity index is 472. The fourth-order valence-corrected chi connectivity index (χ4v) is 1.53. The van der Waals surface area contributed by atoms with Crippen LogP contribution in [0.3, 0.4) is 0 Å². The van der Waals surface area contributed by atoms with Gasteiger partial charge in [-0.15, -0.1) is 0 Å². The summed E-state index contributed by atoms with van der Waals surface area (Å²) >= 11 is 0. The largest absolute Gasteiger partial charge is 0.508 e. The average Bonchev–Trinajstić information content (AvgIpc) is 2.46. The van der Waals surface area contributed by atoms with Gasteiger partial charge in [-0.05, 0) is 17.7 Å². The molecule has 7 heteroatoms. The number of aromatic hydroxyl groups is 1. The summed E-state index contributed by atoms with van der Waals surface area (Å²) in [6.45, 7) is -0.262. The number of methoxy groups -OCH3 is 1. The Morgan fingerprint density at radius 2 is 2.00 bits per heavy atom. The van der Waals surface area contributed by atoms with Crippen molar-refractivity contribution in [2.24, 2.45) is 0 Å². The Kier molecular flexibility index (Phi) is 6.02. The second kappa shape index (κ2) is 7.78. The van der Waals surface area contributed by atoms with E-state index in [2.05, 4.69) is 15.4 Å². The van der Waals surface area contributed by atoms with E-state index >= 15 is 0 Å². The van der Waals surface area contributed by atoms with Crippen molar-refractivity contribution in [2.75, 3.05) is 13.7 Å². The fourth-order valence-electron chi connectivity index (χ4n) is 1.53. The van der Waals surface area contributed by atoms with Gasteiger partial charge in [0.05, 0.1) is 7.11 Å². The first-order chi connectivity index (χ1) is 9.56. The summed E-state index contributed by atoms with van der Waals surface area (Å²) in [6, 6.07) is 5.45. The molecule has 1 aromatic rings. The molecule has 7 nitrogen and oxygen atoms in total. The van der Waals surface area contributed by atoms with Crippen LogP contribution in [0.5, 0.6) is 5.75 Å². The van der Waals surface area contributed by atoms with Crippen LogP contribution in [0.2, 0.25) is 0 Å². The number of carbonyl (C=O) groups excluding carboxylic acids is 3. The van der Waals surface area contributed by atoms with Gasteiger partial charge >= 0.3 is 5.97 Å². The van der Waals surface area contributed by atoms with Crippen LogP contribution in [0.4, 0.5) is 0 Å². The number of esters is 1. The minimum Gasteiger partial charge on any atom is -0.508 e. The van der Waals surface area contributed by atoms with Crippen LogP contribution in [0.1, 0.15) is 5.56 Å². The number of amides is 2. The minimum absolute atomic E-state index is 0.115. The number of rotatable bonds is 7. The summed E-state index contributed by atoms with van der Waals surface area (Å²) in [6.07, 6.45) is 0.662. The molecule has 0 bridgehead atoms. The van der Waals surface area contributed by atoms with E-state index in [0.29, 0.717) is 6.41 Å². The number of hydrogen-bond donors (Lipinski definition) is 3. The van der Waals surface area contributed by atoms with Gasteiger partial charge in [0, 0.05) is 6.42 Å². The van der Waals surface area contributed by atoms with Gasteiger partial charge in [0.25, 0.3) is 0 Å². The van der Waals surface area contributed by atoms with Crippen molar-refractivity contribution >= 4 is 18.3 Å². The molecule has 0 unspecified atom stereocenters. The number of benzene rings is 1. The molecule has 108 valence electrons. The Labute approximate surface area is 115 Å². The summed E-state index contributed by atoms with van der Waals surface area (Å²) in [4.78, 5) is 33.3. The highest BCUT2D eigenvalue weighted by molar-refractivity contribution is 5.87. The van der Waals surface area contributed by atoms with E-state index in [1.807, 2.05) is 0 Å². The lowest BCUT2D eigenvalue weighted by atomic mass is 10.1. The zero-order valence-electron chi connectivity index (χ0n) is 11.0.